The minimum absolute atomic E-state index is 0.0265. The Kier molecular flexibility index (Phi) is 5.93. The molecule has 1 atom stereocenters. The van der Waals surface area contributed by atoms with Gasteiger partial charge in [-0.1, -0.05) is 55.3 Å². The molecule has 2 heterocycles. The van der Waals surface area contributed by atoms with Gasteiger partial charge in [-0.2, -0.15) is 0 Å². The van der Waals surface area contributed by atoms with Crippen LogP contribution in [0.3, 0.4) is 0 Å². The van der Waals surface area contributed by atoms with Gasteiger partial charge in [0.2, 0.25) is 11.8 Å². The average molecular weight is 463 g/mol. The molecule has 7 nitrogen and oxygen atoms in total. The maximum absolute atomic E-state index is 13.5. The number of benzene rings is 2. The summed E-state index contributed by atoms with van der Waals surface area (Å²) in [5.41, 5.74) is 1.91. The van der Waals surface area contributed by atoms with E-state index in [1.807, 2.05) is 54.0 Å². The maximum atomic E-state index is 13.5. The third-order valence-electron chi connectivity index (χ3n) is 6.38. The lowest BCUT2D eigenvalue weighted by Crippen LogP contribution is -2.45. The van der Waals surface area contributed by atoms with Crippen LogP contribution in [-0.4, -0.2) is 33.2 Å². The number of amides is 2. The zero-order valence-corrected chi connectivity index (χ0v) is 19.3. The third kappa shape index (κ3) is 4.15. The predicted octanol–water partition coefficient (Wildman–Crippen LogP) is 4.37. The van der Waals surface area contributed by atoms with E-state index < -0.39 is 5.25 Å². The highest BCUT2D eigenvalue weighted by Gasteiger charge is 2.31. The molecule has 1 fully saturated rings. The van der Waals surface area contributed by atoms with E-state index in [2.05, 4.69) is 5.32 Å². The van der Waals surface area contributed by atoms with E-state index in [1.54, 1.807) is 6.07 Å². The molecular weight excluding hydrogens is 436 g/mol. The molecule has 1 saturated carbocycles. The number of aromatic nitrogens is 2. The SMILES string of the molecule is CC(Sc1nc2ccccc2c(=O)n1C1CCCCC1)C(=O)N1CC(=O)Nc2ccccc21. The standard InChI is InChI=1S/C25H26N4O3S/c1-16(23(31)28-15-22(30)26-20-13-7-8-14-21(20)28)33-25-27-19-12-6-5-11-18(19)24(32)29(25)17-9-3-2-4-10-17/h5-8,11-14,16-17H,2-4,9-10,15H2,1H3,(H,26,30). The van der Waals surface area contributed by atoms with Gasteiger partial charge in [0, 0.05) is 6.04 Å². The Labute approximate surface area is 196 Å². The summed E-state index contributed by atoms with van der Waals surface area (Å²) in [4.78, 5) is 45.5. The largest absolute Gasteiger partial charge is 0.323 e. The van der Waals surface area contributed by atoms with Crippen LogP contribution in [-0.2, 0) is 9.59 Å². The van der Waals surface area contributed by atoms with Gasteiger partial charge in [0.15, 0.2) is 5.16 Å². The highest BCUT2D eigenvalue weighted by atomic mass is 32.2. The molecule has 1 N–H and O–H groups in total. The number of carbonyl (C=O) groups excluding carboxylic acids is 2. The van der Waals surface area contributed by atoms with Gasteiger partial charge in [0.05, 0.1) is 27.5 Å². The van der Waals surface area contributed by atoms with Crippen LogP contribution >= 0.6 is 11.8 Å². The lowest BCUT2D eigenvalue weighted by Gasteiger charge is -2.31. The van der Waals surface area contributed by atoms with Crippen molar-refractivity contribution in [3.8, 4) is 0 Å². The summed E-state index contributed by atoms with van der Waals surface area (Å²) in [6, 6.07) is 14.8. The van der Waals surface area contributed by atoms with Crippen molar-refractivity contribution in [1.29, 1.82) is 0 Å². The molecule has 2 amide bonds. The summed E-state index contributed by atoms with van der Waals surface area (Å²) in [5.74, 6) is -0.401. The molecule has 33 heavy (non-hydrogen) atoms. The second-order valence-corrected chi connectivity index (χ2v) is 9.94. The Balaban J connectivity index is 1.50. The zero-order chi connectivity index (χ0) is 22.9. The first-order chi connectivity index (χ1) is 16.0. The monoisotopic (exact) mass is 462 g/mol. The summed E-state index contributed by atoms with van der Waals surface area (Å²) in [6.45, 7) is 1.79. The minimum Gasteiger partial charge on any atom is -0.323 e. The normalized spacial score (nSPS) is 17.5. The van der Waals surface area contributed by atoms with Crippen molar-refractivity contribution in [1.82, 2.24) is 9.55 Å². The lowest BCUT2D eigenvalue weighted by atomic mass is 9.95. The number of hydrogen-bond acceptors (Lipinski definition) is 5. The topological polar surface area (TPSA) is 84.3 Å². The van der Waals surface area contributed by atoms with Crippen molar-refractivity contribution >= 4 is 45.9 Å². The van der Waals surface area contributed by atoms with Crippen molar-refractivity contribution in [2.24, 2.45) is 0 Å². The number of nitrogens with one attached hydrogen (secondary N) is 1. The number of carbonyl (C=O) groups is 2. The van der Waals surface area contributed by atoms with Crippen molar-refractivity contribution < 1.29 is 9.59 Å². The molecule has 5 rings (SSSR count). The van der Waals surface area contributed by atoms with Crippen molar-refractivity contribution in [3.05, 3.63) is 58.9 Å². The highest BCUT2D eigenvalue weighted by molar-refractivity contribution is 8.00. The van der Waals surface area contributed by atoms with E-state index >= 15 is 0 Å². The van der Waals surface area contributed by atoms with Crippen LogP contribution in [0.2, 0.25) is 0 Å². The van der Waals surface area contributed by atoms with Crippen LogP contribution in [0, 0.1) is 0 Å². The Morgan fingerprint density at radius 1 is 1.06 bits per heavy atom. The number of hydrogen-bond donors (Lipinski definition) is 1. The Hall–Kier alpha value is -3.13. The summed E-state index contributed by atoms with van der Waals surface area (Å²) >= 11 is 1.30. The second-order valence-electron chi connectivity index (χ2n) is 8.63. The number of anilines is 2. The molecule has 0 bridgehead atoms. The minimum atomic E-state index is -0.521. The van der Waals surface area contributed by atoms with Crippen LogP contribution in [0.25, 0.3) is 10.9 Å². The van der Waals surface area contributed by atoms with E-state index in [1.165, 1.54) is 23.1 Å². The number of fused-ring (bicyclic) bond motifs is 2. The quantitative estimate of drug-likeness (QED) is 0.460. The molecule has 8 heteroatoms. The molecule has 170 valence electrons. The molecular formula is C25H26N4O3S. The predicted molar refractivity (Wildman–Crippen MR) is 131 cm³/mol. The maximum Gasteiger partial charge on any atom is 0.262 e. The van der Waals surface area contributed by atoms with Gasteiger partial charge in [-0.05, 0) is 44.0 Å². The fourth-order valence-corrected chi connectivity index (χ4v) is 5.77. The van der Waals surface area contributed by atoms with Gasteiger partial charge in [0.25, 0.3) is 5.56 Å². The van der Waals surface area contributed by atoms with Crippen LogP contribution < -0.4 is 15.8 Å². The Morgan fingerprint density at radius 3 is 2.61 bits per heavy atom. The average Bonchev–Trinajstić information content (AvgIpc) is 2.83. The lowest BCUT2D eigenvalue weighted by molar-refractivity contribution is -0.121. The van der Waals surface area contributed by atoms with Crippen LogP contribution in [0.5, 0.6) is 0 Å². The second kappa shape index (κ2) is 9.02. The molecule has 3 aromatic rings. The van der Waals surface area contributed by atoms with Crippen LogP contribution in [0.4, 0.5) is 11.4 Å². The summed E-state index contributed by atoms with van der Waals surface area (Å²) in [6.07, 6.45) is 5.23. The Bertz CT molecular complexity index is 1280. The first kappa shape index (κ1) is 21.7. The van der Waals surface area contributed by atoms with Gasteiger partial charge in [-0.15, -0.1) is 0 Å². The fourth-order valence-electron chi connectivity index (χ4n) is 4.73. The van der Waals surface area contributed by atoms with E-state index in [-0.39, 0.29) is 30.0 Å². The molecule has 1 aliphatic carbocycles. The van der Waals surface area contributed by atoms with Crippen molar-refractivity contribution in [3.63, 3.8) is 0 Å². The smallest absolute Gasteiger partial charge is 0.262 e. The molecule has 2 aliphatic rings. The first-order valence-corrected chi connectivity index (χ1v) is 12.3. The number of para-hydroxylation sites is 3. The van der Waals surface area contributed by atoms with Crippen molar-refractivity contribution in [2.45, 2.75) is 55.5 Å². The van der Waals surface area contributed by atoms with Crippen LogP contribution in [0.1, 0.15) is 45.1 Å². The van der Waals surface area contributed by atoms with Crippen molar-refractivity contribution in [2.75, 3.05) is 16.8 Å². The third-order valence-corrected chi connectivity index (χ3v) is 7.44. The molecule has 1 aliphatic heterocycles. The zero-order valence-electron chi connectivity index (χ0n) is 18.5. The van der Waals surface area contributed by atoms with Gasteiger partial charge in [0.1, 0.15) is 6.54 Å². The summed E-state index contributed by atoms with van der Waals surface area (Å²) in [7, 11) is 0. The van der Waals surface area contributed by atoms with E-state index in [9.17, 15) is 14.4 Å². The van der Waals surface area contributed by atoms with E-state index in [0.717, 1.165) is 25.7 Å². The summed E-state index contributed by atoms with van der Waals surface area (Å²) < 4.78 is 1.81. The molecule has 0 saturated heterocycles. The molecule has 2 aromatic carbocycles. The number of nitrogens with zero attached hydrogens (tertiary/aromatic N) is 3. The van der Waals surface area contributed by atoms with Gasteiger partial charge in [-0.25, -0.2) is 4.98 Å². The molecule has 0 spiro atoms. The van der Waals surface area contributed by atoms with E-state index in [0.29, 0.717) is 27.4 Å². The van der Waals surface area contributed by atoms with Crippen LogP contribution in [0.15, 0.2) is 58.5 Å². The highest BCUT2D eigenvalue weighted by Crippen LogP contribution is 2.35. The van der Waals surface area contributed by atoms with E-state index in [4.69, 9.17) is 4.98 Å². The van der Waals surface area contributed by atoms with Gasteiger partial charge in [-0.3, -0.25) is 23.9 Å². The fraction of sp³-hybridized carbons (Fsp3) is 0.360. The molecule has 1 unspecified atom stereocenters. The first-order valence-electron chi connectivity index (χ1n) is 11.4. The number of rotatable bonds is 4. The van der Waals surface area contributed by atoms with Gasteiger partial charge >= 0.3 is 0 Å². The Morgan fingerprint density at radius 2 is 1.79 bits per heavy atom. The van der Waals surface area contributed by atoms with Gasteiger partial charge < -0.3 is 5.32 Å². The molecule has 0 radical (unpaired) electrons. The molecule has 1 aromatic heterocycles. The summed E-state index contributed by atoms with van der Waals surface area (Å²) in [5, 5.41) is 3.47. The number of thioether (sulfide) groups is 1.